The Balaban J connectivity index is 1.11. The average molecular weight is 822 g/mol. The molecule has 0 N–H and O–H groups in total. The van der Waals surface area contributed by atoms with E-state index in [0.29, 0.717) is 34.9 Å². The zero-order valence-corrected chi connectivity index (χ0v) is 35.2. The van der Waals surface area contributed by atoms with Gasteiger partial charge in [-0.1, -0.05) is 178 Å². The lowest BCUT2D eigenvalue weighted by molar-refractivity contribution is 0.660. The van der Waals surface area contributed by atoms with Gasteiger partial charge in [-0.3, -0.25) is 0 Å². The Morgan fingerprint density at radius 2 is 0.703 bits per heavy atom. The molecule has 0 aliphatic heterocycles. The molecule has 11 aromatic rings. The number of rotatable bonds is 7. The van der Waals surface area contributed by atoms with Gasteiger partial charge in [-0.25, -0.2) is 29.9 Å². The Kier molecular flexibility index (Phi) is 8.69. The standard InChI is InChI=1S/C57H39N7/c1-57(2)46-27-15-12-24-41(46)44-34-39(30-32-47(44)57)54-59-51(36-18-6-3-7-19-36)60-55(61-54)40-31-33-50(64-48-28-16-13-25-42(48)43-26-14-17-29-49(43)64)45(35-40)56-62-52(37-20-8-4-9-21-37)58-53(63-56)38-22-10-5-11-23-38/h3-35H,1-2H3. The van der Waals surface area contributed by atoms with E-state index >= 15 is 0 Å². The Morgan fingerprint density at radius 1 is 0.312 bits per heavy atom. The number of benzene rings is 8. The molecule has 0 bridgehead atoms. The lowest BCUT2D eigenvalue weighted by Crippen LogP contribution is -2.14. The van der Waals surface area contributed by atoms with Crippen molar-refractivity contribution >= 4 is 21.8 Å². The molecule has 0 saturated heterocycles. The monoisotopic (exact) mass is 821 g/mol. The van der Waals surface area contributed by atoms with Crippen LogP contribution in [0.25, 0.3) is 107 Å². The minimum Gasteiger partial charge on any atom is -0.309 e. The second-order valence-electron chi connectivity index (χ2n) is 16.7. The van der Waals surface area contributed by atoms with E-state index in [0.717, 1.165) is 60.9 Å². The summed E-state index contributed by atoms with van der Waals surface area (Å²) in [5, 5.41) is 2.32. The SMILES string of the molecule is CC1(C)c2ccccc2-c2cc(-c3nc(-c4ccccc4)nc(-c4ccc(-n5c6ccccc6c6ccccc65)c(-c5nc(-c6ccccc6)nc(-c6ccccc6)n5)c4)n3)ccc21. The van der Waals surface area contributed by atoms with Crippen LogP contribution in [0.15, 0.2) is 200 Å². The maximum Gasteiger partial charge on any atom is 0.166 e. The Hall–Kier alpha value is -8.42. The summed E-state index contributed by atoms with van der Waals surface area (Å²) in [5.74, 6) is 3.42. The van der Waals surface area contributed by atoms with Crippen LogP contribution < -0.4 is 0 Å². The molecular weight excluding hydrogens is 783 g/mol. The van der Waals surface area contributed by atoms with Gasteiger partial charge in [-0.2, -0.15) is 0 Å². The fraction of sp³-hybridized carbons (Fsp3) is 0.0526. The summed E-state index contributed by atoms with van der Waals surface area (Å²) in [6, 6.07) is 69.1. The van der Waals surface area contributed by atoms with E-state index in [-0.39, 0.29) is 5.41 Å². The first-order valence-corrected chi connectivity index (χ1v) is 21.5. The van der Waals surface area contributed by atoms with Crippen molar-refractivity contribution in [3.8, 4) is 85.1 Å². The van der Waals surface area contributed by atoms with Crippen molar-refractivity contribution in [2.45, 2.75) is 19.3 Å². The van der Waals surface area contributed by atoms with Crippen LogP contribution >= 0.6 is 0 Å². The van der Waals surface area contributed by atoms with E-state index in [1.54, 1.807) is 0 Å². The Bertz CT molecular complexity index is 3470. The first-order chi connectivity index (χ1) is 31.5. The highest BCUT2D eigenvalue weighted by molar-refractivity contribution is 6.09. The number of nitrogens with zero attached hydrogens (tertiary/aromatic N) is 7. The van der Waals surface area contributed by atoms with Crippen LogP contribution in [0.2, 0.25) is 0 Å². The van der Waals surface area contributed by atoms with Crippen molar-refractivity contribution < 1.29 is 0 Å². The Morgan fingerprint density at radius 3 is 1.23 bits per heavy atom. The molecule has 0 saturated carbocycles. The van der Waals surface area contributed by atoms with E-state index < -0.39 is 0 Å². The number of fused-ring (bicyclic) bond motifs is 6. The molecule has 302 valence electrons. The molecule has 0 radical (unpaired) electrons. The largest absolute Gasteiger partial charge is 0.309 e. The topological polar surface area (TPSA) is 82.3 Å². The molecule has 7 nitrogen and oxygen atoms in total. The predicted octanol–water partition coefficient (Wildman–Crippen LogP) is 13.5. The van der Waals surface area contributed by atoms with Crippen LogP contribution in [0.1, 0.15) is 25.0 Å². The summed E-state index contributed by atoms with van der Waals surface area (Å²) in [6.45, 7) is 4.59. The normalized spacial score (nSPS) is 12.7. The third kappa shape index (κ3) is 6.20. The van der Waals surface area contributed by atoms with Gasteiger partial charge in [-0.15, -0.1) is 0 Å². The van der Waals surface area contributed by atoms with Crippen LogP contribution in [-0.4, -0.2) is 34.5 Å². The number of aromatic nitrogens is 7. The first-order valence-electron chi connectivity index (χ1n) is 21.5. The molecule has 3 heterocycles. The second kappa shape index (κ2) is 14.9. The van der Waals surface area contributed by atoms with Crippen molar-refractivity contribution in [3.63, 3.8) is 0 Å². The minimum atomic E-state index is -0.117. The maximum atomic E-state index is 5.29. The fourth-order valence-electron chi connectivity index (χ4n) is 9.37. The summed E-state index contributed by atoms with van der Waals surface area (Å²) in [6.07, 6.45) is 0. The van der Waals surface area contributed by atoms with Crippen molar-refractivity contribution in [2.24, 2.45) is 0 Å². The summed E-state index contributed by atoms with van der Waals surface area (Å²) >= 11 is 0. The van der Waals surface area contributed by atoms with Gasteiger partial charge in [0.25, 0.3) is 0 Å². The van der Waals surface area contributed by atoms with Crippen LogP contribution in [0.4, 0.5) is 0 Å². The van der Waals surface area contributed by atoms with E-state index in [1.807, 2.05) is 91.0 Å². The van der Waals surface area contributed by atoms with Crippen LogP contribution in [-0.2, 0) is 5.41 Å². The molecule has 8 aromatic carbocycles. The van der Waals surface area contributed by atoms with Crippen molar-refractivity contribution in [1.29, 1.82) is 0 Å². The summed E-state index contributed by atoms with van der Waals surface area (Å²) in [5.41, 5.74) is 13.2. The number of para-hydroxylation sites is 2. The maximum absolute atomic E-state index is 5.29. The first kappa shape index (κ1) is 37.4. The van der Waals surface area contributed by atoms with Crippen LogP contribution in [0.3, 0.4) is 0 Å². The van der Waals surface area contributed by atoms with Gasteiger partial charge in [0.1, 0.15) is 0 Å². The van der Waals surface area contributed by atoms with Crippen molar-refractivity contribution in [3.05, 3.63) is 211 Å². The lowest BCUT2D eigenvalue weighted by Gasteiger charge is -2.21. The lowest BCUT2D eigenvalue weighted by atomic mass is 9.82. The minimum absolute atomic E-state index is 0.117. The van der Waals surface area contributed by atoms with Gasteiger partial charge in [0.05, 0.1) is 16.7 Å². The fourth-order valence-corrected chi connectivity index (χ4v) is 9.37. The van der Waals surface area contributed by atoms with E-state index in [1.165, 1.54) is 22.3 Å². The van der Waals surface area contributed by atoms with Crippen LogP contribution in [0, 0.1) is 0 Å². The molecule has 0 atom stereocenters. The molecule has 64 heavy (non-hydrogen) atoms. The summed E-state index contributed by atoms with van der Waals surface area (Å²) in [4.78, 5) is 31.2. The van der Waals surface area contributed by atoms with E-state index in [2.05, 4.69) is 128 Å². The summed E-state index contributed by atoms with van der Waals surface area (Å²) in [7, 11) is 0. The second-order valence-corrected chi connectivity index (χ2v) is 16.7. The molecule has 0 unspecified atom stereocenters. The molecule has 0 amide bonds. The average Bonchev–Trinajstić information content (AvgIpc) is 3.82. The smallest absolute Gasteiger partial charge is 0.166 e. The van der Waals surface area contributed by atoms with Crippen molar-refractivity contribution in [2.75, 3.05) is 0 Å². The highest BCUT2D eigenvalue weighted by Gasteiger charge is 2.35. The molecular formula is C57H39N7. The highest BCUT2D eigenvalue weighted by atomic mass is 15.1. The molecule has 1 aliphatic carbocycles. The molecule has 7 heteroatoms. The van der Waals surface area contributed by atoms with Gasteiger partial charge in [0.15, 0.2) is 34.9 Å². The molecule has 3 aromatic heterocycles. The quantitative estimate of drug-likeness (QED) is 0.159. The number of hydrogen-bond donors (Lipinski definition) is 0. The van der Waals surface area contributed by atoms with Gasteiger partial charge in [-0.05, 0) is 58.7 Å². The number of hydrogen-bond acceptors (Lipinski definition) is 6. The molecule has 0 fully saturated rings. The van der Waals surface area contributed by atoms with E-state index in [4.69, 9.17) is 29.9 Å². The summed E-state index contributed by atoms with van der Waals surface area (Å²) < 4.78 is 2.32. The van der Waals surface area contributed by atoms with Gasteiger partial charge in [0.2, 0.25) is 0 Å². The third-order valence-electron chi connectivity index (χ3n) is 12.5. The van der Waals surface area contributed by atoms with E-state index in [9.17, 15) is 0 Å². The Labute approximate surface area is 370 Å². The zero-order chi connectivity index (χ0) is 42.8. The third-order valence-corrected chi connectivity index (χ3v) is 12.5. The van der Waals surface area contributed by atoms with Gasteiger partial charge in [0, 0.05) is 49.6 Å². The van der Waals surface area contributed by atoms with Gasteiger partial charge < -0.3 is 4.57 Å². The van der Waals surface area contributed by atoms with Crippen molar-refractivity contribution in [1.82, 2.24) is 34.5 Å². The zero-order valence-electron chi connectivity index (χ0n) is 35.2. The van der Waals surface area contributed by atoms with Gasteiger partial charge >= 0.3 is 0 Å². The molecule has 1 aliphatic rings. The molecule has 0 spiro atoms. The van der Waals surface area contributed by atoms with Crippen LogP contribution in [0.5, 0.6) is 0 Å². The predicted molar refractivity (Wildman–Crippen MR) is 258 cm³/mol. The molecule has 12 rings (SSSR count). The highest BCUT2D eigenvalue weighted by Crippen LogP contribution is 2.49.